The van der Waals surface area contributed by atoms with E-state index in [2.05, 4.69) is 29.8 Å². The Morgan fingerprint density at radius 1 is 0.894 bits per heavy atom. The number of ether oxygens (including phenoxy) is 1. The number of ketones is 1. The van der Waals surface area contributed by atoms with Crippen molar-refractivity contribution in [1.82, 2.24) is 20.9 Å². The fraction of sp³-hybridized carbons (Fsp3) is 0.829. The van der Waals surface area contributed by atoms with E-state index in [0.717, 1.165) is 38.5 Å². The van der Waals surface area contributed by atoms with Crippen molar-refractivity contribution in [2.24, 2.45) is 33.3 Å². The molecule has 1 heterocycles. The normalized spacial score (nSPS) is 26.0. The van der Waals surface area contributed by atoms with Crippen LogP contribution in [0.25, 0.3) is 0 Å². The molecule has 2 unspecified atom stereocenters. The van der Waals surface area contributed by atoms with Crippen LogP contribution in [0, 0.1) is 27.6 Å². The standard InChI is InChI=1S/C35H57N5O7/c1-30(2,3)24(38-28(45)32(7,8)39-29(46)47-31(4,5)6)27(44)40-19-35(33(9,10)34(35)15-12-16-34)18-22(40)26(43)37-21(23(41)25(36)42)17-20-13-11-14-20/h20-22,24H,11-19H2,1-10H3,(H2,36,42)(H,37,43)(H,38,45)(H,39,46)/t21?,22?,24-,35+/m0/s1. The van der Waals surface area contributed by atoms with Crippen molar-refractivity contribution in [2.75, 3.05) is 6.54 Å². The molecular weight excluding hydrogens is 602 g/mol. The van der Waals surface area contributed by atoms with E-state index in [0.29, 0.717) is 19.4 Å². The van der Waals surface area contributed by atoms with Crippen LogP contribution in [0.1, 0.15) is 121 Å². The second-order valence-corrected chi connectivity index (χ2v) is 17.7. The van der Waals surface area contributed by atoms with Gasteiger partial charge in [0.15, 0.2) is 0 Å². The van der Waals surface area contributed by atoms with Crippen LogP contribution in [-0.2, 0) is 28.7 Å². The number of primary amides is 1. The average Bonchev–Trinajstić information content (AvgIpc) is 3.10. The van der Waals surface area contributed by atoms with Gasteiger partial charge in [0.25, 0.3) is 5.91 Å². The van der Waals surface area contributed by atoms with Gasteiger partial charge in [-0.15, -0.1) is 0 Å². The van der Waals surface area contributed by atoms with Crippen LogP contribution in [0.2, 0.25) is 0 Å². The number of fused-ring (bicyclic) bond motifs is 1. The van der Waals surface area contributed by atoms with E-state index in [4.69, 9.17) is 10.5 Å². The Labute approximate surface area is 279 Å². The molecule has 4 atom stereocenters. The summed E-state index contributed by atoms with van der Waals surface area (Å²) in [6.45, 7) is 18.5. The summed E-state index contributed by atoms with van der Waals surface area (Å²) in [6, 6.07) is -3.00. The van der Waals surface area contributed by atoms with Gasteiger partial charge in [-0.05, 0) is 82.5 Å². The van der Waals surface area contributed by atoms with Gasteiger partial charge in [0.05, 0.1) is 6.04 Å². The van der Waals surface area contributed by atoms with Crippen molar-refractivity contribution >= 4 is 35.5 Å². The molecule has 0 aromatic rings. The zero-order valence-electron chi connectivity index (χ0n) is 30.1. The smallest absolute Gasteiger partial charge is 0.408 e. The molecule has 3 saturated carbocycles. The molecule has 264 valence electrons. The number of hydrogen-bond donors (Lipinski definition) is 4. The van der Waals surface area contributed by atoms with Crippen molar-refractivity contribution in [3.05, 3.63) is 0 Å². The molecule has 4 rings (SSSR count). The molecule has 0 bridgehead atoms. The molecule has 0 aromatic carbocycles. The van der Waals surface area contributed by atoms with E-state index in [-0.39, 0.29) is 22.2 Å². The second-order valence-electron chi connectivity index (χ2n) is 17.7. The van der Waals surface area contributed by atoms with Crippen LogP contribution in [0.5, 0.6) is 0 Å². The van der Waals surface area contributed by atoms with Crippen molar-refractivity contribution in [3.8, 4) is 0 Å². The molecule has 2 spiro atoms. The Morgan fingerprint density at radius 2 is 1.49 bits per heavy atom. The van der Waals surface area contributed by atoms with Crippen LogP contribution in [0.3, 0.4) is 0 Å². The van der Waals surface area contributed by atoms with Crippen molar-refractivity contribution in [3.63, 3.8) is 0 Å². The maximum atomic E-state index is 14.7. The third-order valence-corrected chi connectivity index (χ3v) is 11.8. The van der Waals surface area contributed by atoms with Gasteiger partial charge in [0, 0.05) is 12.0 Å². The van der Waals surface area contributed by atoms with Gasteiger partial charge in [-0.3, -0.25) is 24.0 Å². The number of rotatable bonds is 10. The Morgan fingerprint density at radius 3 is 1.91 bits per heavy atom. The SMILES string of the molecule is CC(C)(C)OC(=O)NC(C)(C)C(=O)N[C@@H](C(=O)N1C[C@]2(CC1C(=O)NC(CC1CCC1)C(=O)C(N)=O)C(C)(C)C21CCC1)C(C)(C)C. The first-order valence-electron chi connectivity index (χ1n) is 17.2. The predicted molar refractivity (Wildman–Crippen MR) is 176 cm³/mol. The van der Waals surface area contributed by atoms with Crippen molar-refractivity contribution < 1.29 is 33.5 Å². The monoisotopic (exact) mass is 659 g/mol. The average molecular weight is 660 g/mol. The van der Waals surface area contributed by atoms with E-state index in [1.54, 1.807) is 25.7 Å². The van der Waals surface area contributed by atoms with Gasteiger partial charge in [-0.2, -0.15) is 0 Å². The minimum atomic E-state index is -1.42. The third-order valence-electron chi connectivity index (χ3n) is 11.8. The number of Topliss-reactive ketones (excluding diaryl/α,β-unsaturated/α-hetero) is 1. The number of hydrogen-bond acceptors (Lipinski definition) is 7. The number of likely N-dealkylation sites (tertiary alicyclic amines) is 1. The quantitative estimate of drug-likeness (QED) is 0.260. The maximum Gasteiger partial charge on any atom is 0.408 e. The molecule has 1 saturated heterocycles. The van der Waals surface area contributed by atoms with Gasteiger partial charge in [0.1, 0.15) is 23.2 Å². The molecule has 5 N–H and O–H groups in total. The molecule has 1 aliphatic heterocycles. The highest BCUT2D eigenvalue weighted by Crippen LogP contribution is 2.88. The lowest BCUT2D eigenvalue weighted by Gasteiger charge is -2.38. The van der Waals surface area contributed by atoms with E-state index in [1.807, 2.05) is 20.8 Å². The largest absolute Gasteiger partial charge is 0.444 e. The number of amides is 5. The third kappa shape index (κ3) is 6.62. The number of nitrogens with one attached hydrogen (secondary N) is 3. The van der Waals surface area contributed by atoms with Crippen LogP contribution < -0.4 is 21.7 Å². The second kappa shape index (κ2) is 12.1. The van der Waals surface area contributed by atoms with Crippen molar-refractivity contribution in [1.29, 1.82) is 0 Å². The van der Waals surface area contributed by atoms with Crippen LogP contribution >= 0.6 is 0 Å². The summed E-state index contributed by atoms with van der Waals surface area (Å²) >= 11 is 0. The molecule has 12 nitrogen and oxygen atoms in total. The first-order valence-corrected chi connectivity index (χ1v) is 17.2. The zero-order chi connectivity index (χ0) is 35.5. The van der Waals surface area contributed by atoms with Gasteiger partial charge >= 0.3 is 6.09 Å². The lowest BCUT2D eigenvalue weighted by Crippen LogP contribution is -2.63. The Kier molecular flexibility index (Phi) is 9.40. The summed E-state index contributed by atoms with van der Waals surface area (Å²) < 4.78 is 5.35. The Hall–Kier alpha value is -3.18. The number of nitrogens with zero attached hydrogens (tertiary/aromatic N) is 1. The highest BCUT2D eigenvalue weighted by Gasteiger charge is 2.85. The molecular formula is C35H57N5O7. The minimum Gasteiger partial charge on any atom is -0.444 e. The van der Waals surface area contributed by atoms with Gasteiger partial charge in [-0.1, -0.05) is 60.3 Å². The van der Waals surface area contributed by atoms with Gasteiger partial charge < -0.3 is 31.3 Å². The van der Waals surface area contributed by atoms with E-state index >= 15 is 0 Å². The predicted octanol–water partition coefficient (Wildman–Crippen LogP) is 3.35. The molecule has 3 aliphatic carbocycles. The summed E-state index contributed by atoms with van der Waals surface area (Å²) in [5, 5.41) is 8.32. The minimum absolute atomic E-state index is 0.0156. The molecule has 0 aromatic heterocycles. The summed E-state index contributed by atoms with van der Waals surface area (Å²) in [4.78, 5) is 81.4. The van der Waals surface area contributed by atoms with Crippen LogP contribution in [0.4, 0.5) is 4.79 Å². The first-order chi connectivity index (χ1) is 21.4. The van der Waals surface area contributed by atoms with E-state index in [9.17, 15) is 28.8 Å². The van der Waals surface area contributed by atoms with Crippen molar-refractivity contribution in [2.45, 2.75) is 150 Å². The number of alkyl carbamates (subject to hydrolysis) is 1. The Balaban J connectivity index is 1.62. The molecule has 47 heavy (non-hydrogen) atoms. The number of carbonyl (C=O) groups excluding carboxylic acids is 6. The maximum absolute atomic E-state index is 14.7. The van der Waals surface area contributed by atoms with Gasteiger partial charge in [0.2, 0.25) is 23.5 Å². The fourth-order valence-corrected chi connectivity index (χ4v) is 8.54. The van der Waals surface area contributed by atoms with Crippen LogP contribution in [-0.4, -0.2) is 76.2 Å². The lowest BCUT2D eigenvalue weighted by molar-refractivity contribution is -0.145. The highest BCUT2D eigenvalue weighted by molar-refractivity contribution is 6.37. The number of nitrogens with two attached hydrogens (primary N) is 1. The Bertz CT molecular complexity index is 1320. The first kappa shape index (κ1) is 36.7. The zero-order valence-corrected chi connectivity index (χ0v) is 30.1. The topological polar surface area (TPSA) is 177 Å². The lowest BCUT2D eigenvalue weighted by atomic mass is 9.73. The van der Waals surface area contributed by atoms with Gasteiger partial charge in [-0.25, -0.2) is 4.79 Å². The fourth-order valence-electron chi connectivity index (χ4n) is 8.54. The molecule has 0 radical (unpaired) electrons. The summed E-state index contributed by atoms with van der Waals surface area (Å²) in [7, 11) is 0. The summed E-state index contributed by atoms with van der Waals surface area (Å²) in [6.07, 6.45) is 5.98. The molecule has 12 heteroatoms. The molecule has 4 aliphatic rings. The number of carbonyl (C=O) groups is 6. The summed E-state index contributed by atoms with van der Waals surface area (Å²) in [5.41, 5.74) is 2.02. The highest BCUT2D eigenvalue weighted by atomic mass is 16.6. The molecule has 4 fully saturated rings. The summed E-state index contributed by atoms with van der Waals surface area (Å²) in [5.74, 6) is -3.20. The van der Waals surface area contributed by atoms with E-state index < -0.39 is 70.2 Å². The molecule has 5 amide bonds. The van der Waals surface area contributed by atoms with E-state index in [1.165, 1.54) is 13.8 Å². The van der Waals surface area contributed by atoms with Crippen LogP contribution in [0.15, 0.2) is 0 Å².